The quantitative estimate of drug-likeness (QED) is 0.0293. The van der Waals surface area contributed by atoms with Crippen LogP contribution in [0.5, 0.6) is 23.5 Å². The van der Waals surface area contributed by atoms with Crippen LogP contribution in [-0.4, -0.2) is 128 Å². The summed E-state index contributed by atoms with van der Waals surface area (Å²) in [4.78, 5) is 42.6. The summed E-state index contributed by atoms with van der Waals surface area (Å²) in [6, 6.07) is 24.0. The Hall–Kier alpha value is -5.16. The number of H-pyrrole nitrogens is 2. The standard InChI is InChI=1S/C17H31NO2Si.C17H27NO2Si.C13H22BrNO2Si.C11H17NO2.C5H4BrNO.C5H5NO.B2/c2*1-7-8-10-15-11-9-12-18-16(15)19-13-14-20-21(5,6)17(2,3)4;1-13(2,3)18(4,5)17-10-9-16-12-11(14)7-6-8-15-12;1-2-3-5-10-6-4-7-12-11(10)14-9-8-13;6-4-2-1-3-7-5(4)8;7-5-3-1-2-4-6-5;1-2/h9,11-12H,7-8,10,13-14H2,1-6H3;9,11-12H,7,13-14H2,1-6H3;6-8H,9-10H2,1-5H3;4,6-7,13H,2-3,5,8-9H2,1H3;1-3H,(H,7,8);1-4H,(H,6,7);. The van der Waals surface area contributed by atoms with Crippen LogP contribution in [0.1, 0.15) is 132 Å². The first kappa shape index (κ1) is 85.8. The van der Waals surface area contributed by atoms with Gasteiger partial charge >= 0.3 is 0 Å². The molecule has 6 aromatic rings. The molecule has 500 valence electrons. The van der Waals surface area contributed by atoms with Gasteiger partial charge in [-0.3, -0.25) is 9.59 Å². The molecule has 16 nitrogen and oxygen atoms in total. The lowest BCUT2D eigenvalue weighted by Gasteiger charge is -2.36. The third kappa shape index (κ3) is 37.4. The van der Waals surface area contributed by atoms with E-state index < -0.39 is 25.0 Å². The summed E-state index contributed by atoms with van der Waals surface area (Å²) in [6.45, 7) is 43.8. The number of pyridine rings is 6. The minimum atomic E-state index is -1.71. The van der Waals surface area contributed by atoms with E-state index >= 15 is 0 Å². The highest BCUT2D eigenvalue weighted by Crippen LogP contribution is 2.38. The summed E-state index contributed by atoms with van der Waals surface area (Å²) < 4.78 is 42.1. The van der Waals surface area contributed by atoms with E-state index in [2.05, 4.69) is 211 Å². The largest absolute Gasteiger partial charge is 0.475 e. The molecule has 6 aromatic heterocycles. The van der Waals surface area contributed by atoms with Crippen LogP contribution in [0.4, 0.5) is 0 Å². The molecule has 23 heteroatoms. The maximum atomic E-state index is 10.5. The van der Waals surface area contributed by atoms with E-state index in [0.717, 1.165) is 53.6 Å². The Morgan fingerprint density at radius 2 is 0.890 bits per heavy atom. The molecule has 0 saturated heterocycles. The van der Waals surface area contributed by atoms with Crippen LogP contribution in [0.15, 0.2) is 135 Å². The average Bonchev–Trinajstić information content (AvgIpc) is 1.61. The Morgan fingerprint density at radius 3 is 1.25 bits per heavy atom. The van der Waals surface area contributed by atoms with Gasteiger partial charge in [0.05, 0.1) is 40.9 Å². The molecule has 6 heterocycles. The fourth-order valence-electron chi connectivity index (χ4n) is 6.36. The zero-order valence-electron chi connectivity index (χ0n) is 57.9. The summed E-state index contributed by atoms with van der Waals surface area (Å²) in [5.74, 6) is 8.77. The summed E-state index contributed by atoms with van der Waals surface area (Å²) in [5, 5.41) is 9.33. The molecule has 0 atom stereocenters. The Morgan fingerprint density at radius 1 is 0.495 bits per heavy atom. The van der Waals surface area contributed by atoms with Gasteiger partial charge in [-0.1, -0.05) is 126 Å². The lowest BCUT2D eigenvalue weighted by molar-refractivity contribution is 0.195. The first-order chi connectivity index (χ1) is 42.9. The highest BCUT2D eigenvalue weighted by Gasteiger charge is 2.38. The predicted octanol–water partition coefficient (Wildman–Crippen LogP) is 15.9. The van der Waals surface area contributed by atoms with E-state index in [0.29, 0.717) is 68.4 Å². The molecule has 0 amide bonds. The number of aromatic amines is 2. The van der Waals surface area contributed by atoms with E-state index in [1.165, 1.54) is 24.5 Å². The van der Waals surface area contributed by atoms with Crippen molar-refractivity contribution in [1.82, 2.24) is 29.9 Å². The number of aryl methyl sites for hydroxylation is 2. The van der Waals surface area contributed by atoms with Crippen LogP contribution in [-0.2, 0) is 26.1 Å². The number of halogens is 2. The molecule has 0 fully saturated rings. The van der Waals surface area contributed by atoms with Crippen LogP contribution in [0.3, 0.4) is 0 Å². The number of hydrogen-bond donors (Lipinski definition) is 3. The third-order valence-corrected chi connectivity index (χ3v) is 29.6. The fourth-order valence-corrected chi connectivity index (χ4v) is 10.1. The summed E-state index contributed by atoms with van der Waals surface area (Å²) >= 11 is 6.45. The molecule has 0 aliphatic heterocycles. The number of unbranched alkanes of at least 4 members (excludes halogenated alkanes) is 2. The molecular weight excluding hydrogens is 1330 g/mol. The van der Waals surface area contributed by atoms with Gasteiger partial charge in [-0.2, -0.15) is 0 Å². The predicted molar refractivity (Wildman–Crippen MR) is 391 cm³/mol. The SMILES string of the molecule is CC(C)(C)[Si](C)(C)OCCOc1ncccc1Br.CCC#Cc1cccnc1OCCO[Si](C)(C)C(C)(C)C.CCCCc1cccnc1OCCO.CCCCc1cccnc1OCCO[Si](C)(C)C(C)(C)C.O=c1[nH]cccc1Br.O=c1cccc[nH]1.[B][B]. The van der Waals surface area contributed by atoms with Crippen molar-refractivity contribution in [2.45, 2.75) is 182 Å². The van der Waals surface area contributed by atoms with Gasteiger partial charge in [-0.25, -0.2) is 19.9 Å². The van der Waals surface area contributed by atoms with Gasteiger partial charge in [0.1, 0.15) is 26.4 Å². The highest BCUT2D eigenvalue weighted by molar-refractivity contribution is 9.10. The van der Waals surface area contributed by atoms with Gasteiger partial charge in [0.25, 0.3) is 5.56 Å². The van der Waals surface area contributed by atoms with Crippen molar-refractivity contribution in [1.29, 1.82) is 0 Å². The number of aromatic nitrogens is 6. The smallest absolute Gasteiger partial charge is 0.262 e. The van der Waals surface area contributed by atoms with Gasteiger partial charge in [-0.15, -0.1) is 0 Å². The zero-order valence-corrected chi connectivity index (χ0v) is 64.1. The molecule has 0 aromatic carbocycles. The first-order valence-electron chi connectivity index (χ1n) is 31.1. The van der Waals surface area contributed by atoms with E-state index in [-0.39, 0.29) is 32.8 Å². The molecule has 6 rings (SSSR count). The second-order valence-electron chi connectivity index (χ2n) is 25.0. The lowest BCUT2D eigenvalue weighted by atomic mass is 9.81. The normalized spacial score (nSPS) is 11.1. The molecule has 0 unspecified atom stereocenters. The minimum absolute atomic E-state index is 0.0315. The van der Waals surface area contributed by atoms with Gasteiger partial charge in [0.15, 0.2) is 25.0 Å². The van der Waals surface area contributed by atoms with E-state index in [1.54, 1.807) is 61.4 Å². The fraction of sp³-hybridized carbons (Fsp3) is 0.529. The lowest BCUT2D eigenvalue weighted by Crippen LogP contribution is -2.41. The van der Waals surface area contributed by atoms with Crippen LogP contribution >= 0.6 is 31.9 Å². The Balaban J connectivity index is 0.00000110. The number of hydrogen-bond acceptors (Lipinski definition) is 14. The van der Waals surface area contributed by atoms with E-state index in [9.17, 15) is 9.59 Å². The molecule has 0 spiro atoms. The topological polar surface area (TPSA) is 202 Å². The summed E-state index contributed by atoms with van der Waals surface area (Å²) in [7, 11) is 2.95. The molecule has 4 radical (unpaired) electrons. The Bertz CT molecular complexity index is 3010. The molecule has 91 heavy (non-hydrogen) atoms. The van der Waals surface area contributed by atoms with Gasteiger partial charge in [0, 0.05) is 76.3 Å². The second-order valence-corrected chi connectivity index (χ2v) is 41.1. The van der Waals surface area contributed by atoms with Gasteiger partial charge in [0.2, 0.25) is 29.1 Å². The van der Waals surface area contributed by atoms with E-state index in [1.807, 2.05) is 49.4 Å². The van der Waals surface area contributed by atoms with Crippen LogP contribution in [0.2, 0.25) is 54.4 Å². The van der Waals surface area contributed by atoms with E-state index in [4.69, 9.17) is 37.3 Å². The molecule has 0 aliphatic rings. The second kappa shape index (κ2) is 46.8. The number of aliphatic hydroxyl groups is 1. The van der Waals surface area contributed by atoms with Crippen molar-refractivity contribution in [3.8, 4) is 35.4 Å². The molecule has 0 aliphatic carbocycles. The average molecular weight is 1430 g/mol. The monoisotopic (exact) mass is 1430 g/mol. The van der Waals surface area contributed by atoms with Crippen molar-refractivity contribution >= 4 is 72.3 Å². The highest BCUT2D eigenvalue weighted by atomic mass is 79.9. The van der Waals surface area contributed by atoms with Crippen LogP contribution in [0, 0.1) is 11.8 Å². The van der Waals surface area contributed by atoms with Crippen molar-refractivity contribution in [2.75, 3.05) is 52.9 Å². The maximum Gasteiger partial charge on any atom is 0.262 e. The molecule has 0 saturated carbocycles. The van der Waals surface area contributed by atoms with Crippen molar-refractivity contribution in [2.24, 2.45) is 0 Å². The number of ether oxygens (including phenoxy) is 4. The minimum Gasteiger partial charge on any atom is -0.475 e. The van der Waals surface area contributed by atoms with Gasteiger partial charge < -0.3 is 47.3 Å². The van der Waals surface area contributed by atoms with Crippen LogP contribution in [0.25, 0.3) is 0 Å². The maximum absolute atomic E-state index is 10.5. The Labute approximate surface area is 568 Å². The van der Waals surface area contributed by atoms with Crippen molar-refractivity contribution < 1.29 is 37.3 Å². The number of rotatable bonds is 24. The number of aliphatic hydroxyl groups excluding tert-OH is 1. The number of nitrogens with one attached hydrogen (secondary N) is 2. The zero-order chi connectivity index (χ0) is 69.0. The summed E-state index contributed by atoms with van der Waals surface area (Å²) in [5.41, 5.74) is 3.02. The molecular formula is C68H106B2Br2N6O10Si3. The number of nitrogens with zero attached hydrogens (tertiary/aromatic N) is 4. The molecule has 0 bridgehead atoms. The third-order valence-electron chi connectivity index (χ3n) is 14.7. The van der Waals surface area contributed by atoms with Crippen molar-refractivity contribution in [3.05, 3.63) is 162 Å². The Kier molecular flexibility index (Phi) is 44.2. The van der Waals surface area contributed by atoms with Gasteiger partial charge in [-0.05, 0) is 167 Å². The first-order valence-corrected chi connectivity index (χ1v) is 41.4. The van der Waals surface area contributed by atoms with Crippen molar-refractivity contribution in [3.63, 3.8) is 0 Å². The summed E-state index contributed by atoms with van der Waals surface area (Å²) in [6.07, 6.45) is 17.6. The van der Waals surface area contributed by atoms with Crippen LogP contribution < -0.4 is 30.1 Å². The molecule has 3 N–H and O–H groups in total.